The van der Waals surface area contributed by atoms with Crippen molar-refractivity contribution in [3.05, 3.63) is 60.7 Å². The molecule has 0 saturated heterocycles. The van der Waals surface area contributed by atoms with Gasteiger partial charge in [0.2, 0.25) is 0 Å². The maximum Gasteiger partial charge on any atom is 0.132 e. The molecule has 0 spiro atoms. The van der Waals surface area contributed by atoms with Crippen molar-refractivity contribution < 1.29 is 5.11 Å². The summed E-state index contributed by atoms with van der Waals surface area (Å²) >= 11 is 0. The lowest BCUT2D eigenvalue weighted by Crippen LogP contribution is -2.00. The Morgan fingerprint density at radius 3 is 2.91 bits per heavy atom. The van der Waals surface area contributed by atoms with Crippen LogP contribution >= 0.6 is 0 Å². The predicted octanol–water partition coefficient (Wildman–Crippen LogP) is 3.64. The second-order valence-corrected chi connectivity index (χ2v) is 5.30. The largest absolute Gasteiger partial charge is 0.507 e. The number of hydrogen-bond donors (Lipinski definition) is 1. The molecule has 0 aliphatic rings. The summed E-state index contributed by atoms with van der Waals surface area (Å²) in [5, 5.41) is 12.3. The van der Waals surface area contributed by atoms with E-state index in [-0.39, 0.29) is 0 Å². The third kappa shape index (κ3) is 3.01. The number of aliphatic imine (C=N–C) groups is 1. The molecule has 1 aromatic heterocycles. The monoisotopic (exact) mass is 293 g/mol. The molecule has 112 valence electrons. The lowest BCUT2D eigenvalue weighted by Gasteiger charge is -2.08. The van der Waals surface area contributed by atoms with Crippen LogP contribution in [-0.4, -0.2) is 26.9 Å². The first kappa shape index (κ1) is 14.3. The number of fused-ring (bicyclic) bond motifs is 1. The van der Waals surface area contributed by atoms with E-state index in [1.807, 2.05) is 60.4 Å². The van der Waals surface area contributed by atoms with Crippen LogP contribution in [0.1, 0.15) is 18.9 Å². The zero-order valence-corrected chi connectivity index (χ0v) is 12.6. The molecule has 0 unspecified atom stereocenters. The van der Waals surface area contributed by atoms with Gasteiger partial charge < -0.3 is 9.67 Å². The molecule has 1 heterocycles. The fourth-order valence-electron chi connectivity index (χ4n) is 2.55. The minimum absolute atomic E-state index is 0.314. The minimum atomic E-state index is 0.314. The molecular weight excluding hydrogens is 274 g/mol. The average Bonchev–Trinajstić information content (AvgIpc) is 3.05. The van der Waals surface area contributed by atoms with E-state index in [4.69, 9.17) is 0 Å². The summed E-state index contributed by atoms with van der Waals surface area (Å²) in [7, 11) is 0. The minimum Gasteiger partial charge on any atom is -0.507 e. The van der Waals surface area contributed by atoms with E-state index < -0.39 is 0 Å². The highest BCUT2D eigenvalue weighted by Crippen LogP contribution is 2.28. The highest BCUT2D eigenvalue weighted by molar-refractivity contribution is 6.06. The van der Waals surface area contributed by atoms with Crippen LogP contribution in [0.15, 0.2) is 60.1 Å². The molecule has 0 radical (unpaired) electrons. The maximum atomic E-state index is 10.4. The predicted molar refractivity (Wildman–Crippen MR) is 89.5 cm³/mol. The molecule has 4 heteroatoms. The first-order chi connectivity index (χ1) is 10.8. The summed E-state index contributed by atoms with van der Waals surface area (Å²) < 4.78 is 2.04. The number of aryl methyl sites for hydroxylation is 1. The van der Waals surface area contributed by atoms with Crippen molar-refractivity contribution >= 4 is 16.5 Å². The van der Waals surface area contributed by atoms with Gasteiger partial charge >= 0.3 is 0 Å². The number of hydrogen-bond acceptors (Lipinski definition) is 3. The smallest absolute Gasteiger partial charge is 0.132 e. The number of phenolic OH excluding ortho intramolecular Hbond substituents is 1. The Bertz CT molecular complexity index is 791. The van der Waals surface area contributed by atoms with Crippen molar-refractivity contribution in [1.29, 1.82) is 0 Å². The lowest BCUT2D eigenvalue weighted by atomic mass is 10.0. The molecule has 22 heavy (non-hydrogen) atoms. The first-order valence-corrected chi connectivity index (χ1v) is 7.43. The topological polar surface area (TPSA) is 50.4 Å². The fraction of sp³-hybridized carbons (Fsp3) is 0.222. The highest BCUT2D eigenvalue weighted by Gasteiger charge is 2.08. The Kier molecular flexibility index (Phi) is 4.19. The van der Waals surface area contributed by atoms with E-state index in [0.29, 0.717) is 5.75 Å². The number of phenols is 1. The van der Waals surface area contributed by atoms with Crippen molar-refractivity contribution in [2.24, 2.45) is 4.99 Å². The summed E-state index contributed by atoms with van der Waals surface area (Å²) in [4.78, 5) is 8.60. The summed E-state index contributed by atoms with van der Waals surface area (Å²) in [6.07, 6.45) is 6.49. The second kappa shape index (κ2) is 6.43. The van der Waals surface area contributed by atoms with Gasteiger partial charge in [0.05, 0.1) is 6.33 Å². The van der Waals surface area contributed by atoms with E-state index in [0.717, 1.165) is 41.6 Å². The fourth-order valence-corrected chi connectivity index (χ4v) is 2.55. The SMILES string of the molecule is C/C(=N\CCCn1ccnc1)c1ccc2ccccc2c1O. The average molecular weight is 293 g/mol. The van der Waals surface area contributed by atoms with Crippen LogP contribution in [0.3, 0.4) is 0 Å². The second-order valence-electron chi connectivity index (χ2n) is 5.30. The van der Waals surface area contributed by atoms with Gasteiger partial charge in [-0.15, -0.1) is 0 Å². The zero-order chi connectivity index (χ0) is 15.4. The number of aromatic hydroxyl groups is 1. The number of benzene rings is 2. The van der Waals surface area contributed by atoms with Crippen LogP contribution in [0.5, 0.6) is 5.75 Å². The third-order valence-corrected chi connectivity index (χ3v) is 3.77. The van der Waals surface area contributed by atoms with Gasteiger partial charge in [-0.2, -0.15) is 0 Å². The summed E-state index contributed by atoms with van der Waals surface area (Å²) in [6, 6.07) is 11.8. The van der Waals surface area contributed by atoms with Gasteiger partial charge in [0, 0.05) is 42.1 Å². The zero-order valence-electron chi connectivity index (χ0n) is 12.6. The number of nitrogens with zero attached hydrogens (tertiary/aromatic N) is 3. The van der Waals surface area contributed by atoms with E-state index in [1.54, 1.807) is 6.20 Å². The van der Waals surface area contributed by atoms with Crippen LogP contribution < -0.4 is 0 Å². The van der Waals surface area contributed by atoms with Crippen LogP contribution in [0.25, 0.3) is 10.8 Å². The quantitative estimate of drug-likeness (QED) is 0.577. The third-order valence-electron chi connectivity index (χ3n) is 3.77. The molecule has 1 N–H and O–H groups in total. The van der Waals surface area contributed by atoms with Gasteiger partial charge in [0.25, 0.3) is 0 Å². The Morgan fingerprint density at radius 1 is 1.23 bits per heavy atom. The normalized spacial score (nSPS) is 12.0. The van der Waals surface area contributed by atoms with E-state index >= 15 is 0 Å². The number of aromatic nitrogens is 2. The van der Waals surface area contributed by atoms with E-state index in [1.165, 1.54) is 0 Å². The van der Waals surface area contributed by atoms with Crippen molar-refractivity contribution in [1.82, 2.24) is 9.55 Å². The van der Waals surface area contributed by atoms with Crippen LogP contribution in [0.2, 0.25) is 0 Å². The van der Waals surface area contributed by atoms with Gasteiger partial charge in [-0.25, -0.2) is 4.98 Å². The van der Waals surface area contributed by atoms with Gasteiger partial charge in [0.15, 0.2) is 0 Å². The lowest BCUT2D eigenvalue weighted by molar-refractivity contribution is 0.480. The Hall–Kier alpha value is -2.62. The molecule has 0 atom stereocenters. The van der Waals surface area contributed by atoms with Crippen LogP contribution in [0, 0.1) is 0 Å². The van der Waals surface area contributed by atoms with Crippen molar-refractivity contribution in [2.45, 2.75) is 19.9 Å². The van der Waals surface area contributed by atoms with Gasteiger partial charge in [0.1, 0.15) is 5.75 Å². The Morgan fingerprint density at radius 2 is 2.09 bits per heavy atom. The molecule has 0 saturated carbocycles. The summed E-state index contributed by atoms with van der Waals surface area (Å²) in [5.41, 5.74) is 1.68. The molecular formula is C18H19N3O. The standard InChI is InChI=1S/C18H19N3O/c1-14(20-9-4-11-21-12-10-19-13-21)16-8-7-15-5-2-3-6-17(15)18(16)22/h2-3,5-8,10,12-13,22H,4,9,11H2,1H3/b20-14+. The maximum absolute atomic E-state index is 10.4. The molecule has 0 amide bonds. The van der Waals surface area contributed by atoms with Gasteiger partial charge in [-0.05, 0) is 24.8 Å². The summed E-state index contributed by atoms with van der Waals surface area (Å²) in [6.45, 7) is 3.58. The number of rotatable bonds is 5. The van der Waals surface area contributed by atoms with E-state index in [2.05, 4.69) is 9.98 Å². The van der Waals surface area contributed by atoms with Gasteiger partial charge in [-0.3, -0.25) is 4.99 Å². The van der Waals surface area contributed by atoms with Crippen LogP contribution in [-0.2, 0) is 6.54 Å². The van der Waals surface area contributed by atoms with E-state index in [9.17, 15) is 5.11 Å². The molecule has 0 fully saturated rings. The van der Waals surface area contributed by atoms with Crippen molar-refractivity contribution in [3.8, 4) is 5.75 Å². The Labute approximate surface area is 129 Å². The molecule has 2 aromatic carbocycles. The molecule has 4 nitrogen and oxygen atoms in total. The molecule has 0 aliphatic carbocycles. The van der Waals surface area contributed by atoms with Crippen LogP contribution in [0.4, 0.5) is 0 Å². The van der Waals surface area contributed by atoms with Crippen molar-refractivity contribution in [2.75, 3.05) is 6.54 Å². The summed E-state index contributed by atoms with van der Waals surface area (Å²) in [5.74, 6) is 0.314. The Balaban J connectivity index is 1.72. The first-order valence-electron chi connectivity index (χ1n) is 7.43. The van der Waals surface area contributed by atoms with Crippen molar-refractivity contribution in [3.63, 3.8) is 0 Å². The van der Waals surface area contributed by atoms with Gasteiger partial charge in [-0.1, -0.05) is 30.3 Å². The molecule has 0 aliphatic heterocycles. The molecule has 3 aromatic rings. The highest BCUT2D eigenvalue weighted by atomic mass is 16.3. The number of imidazole rings is 1. The molecule has 3 rings (SSSR count). The molecule has 0 bridgehead atoms.